The van der Waals surface area contributed by atoms with Crippen LogP contribution in [0.25, 0.3) is 0 Å². The Hall–Kier alpha value is -1.35. The van der Waals surface area contributed by atoms with Gasteiger partial charge in [0.25, 0.3) is 0 Å². The summed E-state index contributed by atoms with van der Waals surface area (Å²) in [6, 6.07) is 8.13. The summed E-state index contributed by atoms with van der Waals surface area (Å²) in [5, 5.41) is 0. The zero-order valence-corrected chi connectivity index (χ0v) is 10.4. The monoisotopic (exact) mass is 233 g/mol. The third-order valence-electron chi connectivity index (χ3n) is 2.43. The minimum atomic E-state index is 0.715. The average Bonchev–Trinajstić information content (AvgIpc) is 2.65. The van der Waals surface area contributed by atoms with Crippen molar-refractivity contribution in [3.8, 4) is 5.75 Å². The van der Waals surface area contributed by atoms with Gasteiger partial charge >= 0.3 is 0 Å². The van der Waals surface area contributed by atoms with Gasteiger partial charge in [0.05, 0.1) is 17.8 Å². The van der Waals surface area contributed by atoms with Crippen molar-refractivity contribution in [2.24, 2.45) is 0 Å². The fourth-order valence-electron chi connectivity index (χ4n) is 1.53. The van der Waals surface area contributed by atoms with Crippen LogP contribution in [0.5, 0.6) is 5.75 Å². The summed E-state index contributed by atoms with van der Waals surface area (Å²) >= 11 is 1.70. The molecule has 0 fully saturated rings. The maximum absolute atomic E-state index is 5.69. The summed E-state index contributed by atoms with van der Waals surface area (Å²) in [5.41, 5.74) is 4.24. The van der Waals surface area contributed by atoms with Gasteiger partial charge in [0.2, 0.25) is 0 Å². The largest absolute Gasteiger partial charge is 0.493 e. The van der Waals surface area contributed by atoms with E-state index in [9.17, 15) is 0 Å². The van der Waals surface area contributed by atoms with Gasteiger partial charge in [-0.05, 0) is 31.5 Å². The molecule has 2 aromatic rings. The highest BCUT2D eigenvalue weighted by Crippen LogP contribution is 2.15. The van der Waals surface area contributed by atoms with Gasteiger partial charge in [-0.1, -0.05) is 12.1 Å². The highest BCUT2D eigenvalue weighted by atomic mass is 32.1. The predicted octanol–water partition coefficient (Wildman–Crippen LogP) is 3.38. The molecule has 0 N–H and O–H groups in total. The molecule has 1 aromatic carbocycles. The molecule has 0 saturated carbocycles. The first-order chi connectivity index (χ1) is 7.75. The molecule has 2 rings (SSSR count). The predicted molar refractivity (Wildman–Crippen MR) is 67.2 cm³/mol. The Morgan fingerprint density at radius 1 is 1.31 bits per heavy atom. The molecule has 84 valence electrons. The standard InChI is InChI=1S/C13H15NOS/c1-10-4-3-5-12(8-10)15-7-6-13-11(2)14-9-16-13/h3-5,8-9H,6-7H2,1-2H3. The Balaban J connectivity index is 1.87. The van der Waals surface area contributed by atoms with E-state index in [1.165, 1.54) is 10.4 Å². The van der Waals surface area contributed by atoms with Gasteiger partial charge in [-0.25, -0.2) is 4.98 Å². The number of hydrogen-bond donors (Lipinski definition) is 0. The van der Waals surface area contributed by atoms with Gasteiger partial charge in [0, 0.05) is 11.3 Å². The molecule has 1 heterocycles. The average molecular weight is 233 g/mol. The summed E-state index contributed by atoms with van der Waals surface area (Å²) in [7, 11) is 0. The topological polar surface area (TPSA) is 22.1 Å². The number of hydrogen-bond acceptors (Lipinski definition) is 3. The lowest BCUT2D eigenvalue weighted by Crippen LogP contribution is -2.01. The van der Waals surface area contributed by atoms with E-state index in [2.05, 4.69) is 24.0 Å². The Morgan fingerprint density at radius 3 is 2.88 bits per heavy atom. The lowest BCUT2D eigenvalue weighted by molar-refractivity contribution is 0.322. The fourth-order valence-corrected chi connectivity index (χ4v) is 2.30. The molecular formula is C13H15NOS. The van der Waals surface area contributed by atoms with Crippen molar-refractivity contribution in [3.63, 3.8) is 0 Å². The lowest BCUT2D eigenvalue weighted by Gasteiger charge is -2.05. The summed E-state index contributed by atoms with van der Waals surface area (Å²) in [4.78, 5) is 5.53. The minimum Gasteiger partial charge on any atom is -0.493 e. The molecule has 0 aliphatic rings. The van der Waals surface area contributed by atoms with Crippen LogP contribution in [-0.4, -0.2) is 11.6 Å². The molecule has 0 atom stereocenters. The molecule has 0 amide bonds. The summed E-state index contributed by atoms with van der Waals surface area (Å²) in [6.07, 6.45) is 0.935. The van der Waals surface area contributed by atoms with Gasteiger partial charge in [0.15, 0.2) is 0 Å². The Morgan fingerprint density at radius 2 is 2.19 bits per heavy atom. The van der Waals surface area contributed by atoms with Crippen molar-refractivity contribution in [2.45, 2.75) is 20.3 Å². The van der Waals surface area contributed by atoms with E-state index in [1.54, 1.807) is 11.3 Å². The van der Waals surface area contributed by atoms with Crippen LogP contribution in [0.2, 0.25) is 0 Å². The molecule has 0 bridgehead atoms. The number of rotatable bonds is 4. The normalized spacial score (nSPS) is 10.4. The fraction of sp³-hybridized carbons (Fsp3) is 0.308. The molecule has 0 spiro atoms. The number of ether oxygens (including phenoxy) is 1. The SMILES string of the molecule is Cc1cccc(OCCc2scnc2C)c1. The molecule has 1 aromatic heterocycles. The molecule has 0 unspecified atom stereocenters. The molecule has 0 saturated heterocycles. The van der Waals surface area contributed by atoms with Crippen LogP contribution in [0.4, 0.5) is 0 Å². The maximum atomic E-state index is 5.69. The summed E-state index contributed by atoms with van der Waals surface area (Å²) in [6.45, 7) is 4.82. The summed E-state index contributed by atoms with van der Waals surface area (Å²) in [5.74, 6) is 0.946. The number of aryl methyl sites for hydroxylation is 2. The second-order valence-electron chi connectivity index (χ2n) is 3.78. The highest BCUT2D eigenvalue weighted by Gasteiger charge is 2.01. The van der Waals surface area contributed by atoms with Gasteiger partial charge < -0.3 is 4.74 Å². The van der Waals surface area contributed by atoms with E-state index in [0.717, 1.165) is 17.9 Å². The number of thiazole rings is 1. The van der Waals surface area contributed by atoms with Crippen LogP contribution < -0.4 is 4.74 Å². The zero-order valence-electron chi connectivity index (χ0n) is 9.56. The summed E-state index contributed by atoms with van der Waals surface area (Å²) < 4.78 is 5.69. The van der Waals surface area contributed by atoms with Crippen molar-refractivity contribution >= 4 is 11.3 Å². The minimum absolute atomic E-state index is 0.715. The highest BCUT2D eigenvalue weighted by molar-refractivity contribution is 7.09. The van der Waals surface area contributed by atoms with E-state index in [-0.39, 0.29) is 0 Å². The van der Waals surface area contributed by atoms with Crippen LogP contribution in [0, 0.1) is 13.8 Å². The Bertz CT molecular complexity index is 464. The van der Waals surface area contributed by atoms with Gasteiger partial charge in [-0.3, -0.25) is 0 Å². The first kappa shape index (κ1) is 11.1. The van der Waals surface area contributed by atoms with Crippen molar-refractivity contribution in [3.05, 3.63) is 45.9 Å². The number of aromatic nitrogens is 1. The van der Waals surface area contributed by atoms with E-state index < -0.39 is 0 Å². The molecule has 0 aliphatic carbocycles. The molecule has 2 nitrogen and oxygen atoms in total. The van der Waals surface area contributed by atoms with Gasteiger partial charge in [0.1, 0.15) is 5.75 Å². The van der Waals surface area contributed by atoms with Crippen LogP contribution in [0.1, 0.15) is 16.1 Å². The van der Waals surface area contributed by atoms with E-state index in [4.69, 9.17) is 4.74 Å². The zero-order chi connectivity index (χ0) is 11.4. The lowest BCUT2D eigenvalue weighted by atomic mass is 10.2. The number of nitrogens with zero attached hydrogens (tertiary/aromatic N) is 1. The molecule has 0 radical (unpaired) electrons. The van der Waals surface area contributed by atoms with Crippen LogP contribution in [-0.2, 0) is 6.42 Å². The molecular weight excluding hydrogens is 218 g/mol. The first-order valence-electron chi connectivity index (χ1n) is 5.34. The third kappa shape index (κ3) is 2.83. The van der Waals surface area contributed by atoms with Crippen molar-refractivity contribution in [2.75, 3.05) is 6.61 Å². The van der Waals surface area contributed by atoms with E-state index in [0.29, 0.717) is 6.61 Å². The maximum Gasteiger partial charge on any atom is 0.119 e. The third-order valence-corrected chi connectivity index (χ3v) is 3.43. The van der Waals surface area contributed by atoms with Crippen LogP contribution >= 0.6 is 11.3 Å². The Labute approximate surface area is 99.9 Å². The number of benzene rings is 1. The van der Waals surface area contributed by atoms with Crippen molar-refractivity contribution < 1.29 is 4.74 Å². The van der Waals surface area contributed by atoms with E-state index >= 15 is 0 Å². The van der Waals surface area contributed by atoms with Crippen LogP contribution in [0.3, 0.4) is 0 Å². The van der Waals surface area contributed by atoms with Crippen LogP contribution in [0.15, 0.2) is 29.8 Å². The van der Waals surface area contributed by atoms with E-state index in [1.807, 2.05) is 24.6 Å². The Kier molecular flexibility index (Phi) is 3.57. The second kappa shape index (κ2) is 5.12. The molecule has 3 heteroatoms. The van der Waals surface area contributed by atoms with Gasteiger partial charge in [-0.15, -0.1) is 11.3 Å². The molecule has 0 aliphatic heterocycles. The smallest absolute Gasteiger partial charge is 0.119 e. The molecule has 16 heavy (non-hydrogen) atoms. The second-order valence-corrected chi connectivity index (χ2v) is 4.72. The first-order valence-corrected chi connectivity index (χ1v) is 6.22. The van der Waals surface area contributed by atoms with Gasteiger partial charge in [-0.2, -0.15) is 0 Å². The quantitative estimate of drug-likeness (QED) is 0.807. The van der Waals surface area contributed by atoms with Crippen molar-refractivity contribution in [1.29, 1.82) is 0 Å². The van der Waals surface area contributed by atoms with Crippen molar-refractivity contribution in [1.82, 2.24) is 4.98 Å².